The molecule has 0 amide bonds. The van der Waals surface area contributed by atoms with Gasteiger partial charge in [0, 0.05) is 25.7 Å². The Labute approximate surface area is 683 Å². The SMILES string of the molecule is CCCCCCCCCCCCCCCCCCCCCC(=O)OC[C@H](COP(=O)(O)OC[C@@H](O)COP(=O)(O)OC[C@@H](COC(=O)CCCCCCCCCCC(C)CC)OC(=O)CCCCCCCCCCCCCCCCCC(C)C)OC(=O)CCCCCCCCCCCCCCCCCCCCC(C)CC. The van der Waals surface area contributed by atoms with Crippen LogP contribution in [0.25, 0.3) is 0 Å². The van der Waals surface area contributed by atoms with Crippen molar-refractivity contribution in [3.63, 3.8) is 0 Å². The number of aliphatic hydroxyl groups excluding tert-OH is 1. The van der Waals surface area contributed by atoms with Gasteiger partial charge in [0.05, 0.1) is 26.4 Å². The van der Waals surface area contributed by atoms with Gasteiger partial charge in [-0.3, -0.25) is 37.3 Å². The molecule has 19 heteroatoms. The Morgan fingerprint density at radius 1 is 0.261 bits per heavy atom. The molecule has 3 N–H and O–H groups in total. The number of carbonyl (C=O) groups excluding carboxylic acids is 4. The zero-order chi connectivity index (χ0) is 81.5. The maximum absolute atomic E-state index is 13.2. The van der Waals surface area contributed by atoms with E-state index < -0.39 is 97.5 Å². The van der Waals surface area contributed by atoms with Crippen molar-refractivity contribution in [2.24, 2.45) is 17.8 Å². The molecule has 0 bridgehead atoms. The van der Waals surface area contributed by atoms with Crippen LogP contribution in [0.15, 0.2) is 0 Å². The van der Waals surface area contributed by atoms with Crippen LogP contribution >= 0.6 is 15.6 Å². The van der Waals surface area contributed by atoms with Gasteiger partial charge in [0.1, 0.15) is 19.3 Å². The molecule has 0 fully saturated rings. The third-order valence-corrected chi connectivity index (χ3v) is 24.3. The average molecular weight is 1620 g/mol. The minimum Gasteiger partial charge on any atom is -0.462 e. The third kappa shape index (κ3) is 82.9. The molecule has 660 valence electrons. The molecule has 0 aromatic carbocycles. The molecule has 0 aromatic rings. The Hall–Kier alpha value is -1.94. The fourth-order valence-corrected chi connectivity index (χ4v) is 15.9. The van der Waals surface area contributed by atoms with E-state index in [-0.39, 0.29) is 25.7 Å². The first-order chi connectivity index (χ1) is 53.8. The standard InChI is InChI=1S/C92H180O17P2/c1-8-11-12-13-14-15-16-17-18-19-20-24-29-34-39-44-52-59-66-73-89(94)102-79-87(108-91(96)75-68-61-54-45-40-35-30-25-22-21-23-28-33-38-43-50-57-64-71-84(6)9-2)81-106-110(98,99)104-77-86(93)78-105-111(100,101)107-82-88(80-103-90(95)74-67-60-53-48-47-51-58-65-72-85(7)10-3)109-92(97)76-69-62-55-46-41-36-31-26-27-32-37-42-49-56-63-70-83(4)5/h83-88,93H,8-82H2,1-7H3,(H,98,99)(H,100,101)/t84?,85?,86-,87-,88-/m1/s1. The summed E-state index contributed by atoms with van der Waals surface area (Å²) in [6.45, 7) is 12.1. The van der Waals surface area contributed by atoms with Gasteiger partial charge in [-0.1, -0.05) is 440 Å². The smallest absolute Gasteiger partial charge is 0.462 e. The lowest BCUT2D eigenvalue weighted by Crippen LogP contribution is -2.30. The molecule has 111 heavy (non-hydrogen) atoms. The zero-order valence-electron chi connectivity index (χ0n) is 73.4. The molecule has 0 radical (unpaired) electrons. The third-order valence-electron chi connectivity index (χ3n) is 22.4. The molecule has 0 saturated heterocycles. The summed E-state index contributed by atoms with van der Waals surface area (Å²) < 4.78 is 69.1. The van der Waals surface area contributed by atoms with Crippen molar-refractivity contribution in [3.8, 4) is 0 Å². The van der Waals surface area contributed by atoms with E-state index in [0.717, 1.165) is 108 Å². The van der Waals surface area contributed by atoms with Crippen molar-refractivity contribution < 1.29 is 80.2 Å². The molecular formula is C92H180O17P2. The summed E-state index contributed by atoms with van der Waals surface area (Å²) in [5.74, 6) is 0.354. The number of ether oxygens (including phenoxy) is 4. The van der Waals surface area contributed by atoms with Crippen molar-refractivity contribution in [1.82, 2.24) is 0 Å². The van der Waals surface area contributed by atoms with E-state index in [1.165, 1.54) is 302 Å². The van der Waals surface area contributed by atoms with Crippen molar-refractivity contribution in [2.75, 3.05) is 39.6 Å². The summed E-state index contributed by atoms with van der Waals surface area (Å²) >= 11 is 0. The van der Waals surface area contributed by atoms with E-state index in [9.17, 15) is 43.2 Å². The molecule has 0 aliphatic carbocycles. The molecule has 0 spiro atoms. The van der Waals surface area contributed by atoms with Crippen LogP contribution in [0.5, 0.6) is 0 Å². The largest absolute Gasteiger partial charge is 0.472 e. The number of hydrogen-bond acceptors (Lipinski definition) is 15. The first-order valence-electron chi connectivity index (χ1n) is 47.4. The molecule has 0 heterocycles. The molecular weight excluding hydrogens is 1440 g/mol. The maximum atomic E-state index is 13.2. The molecule has 4 unspecified atom stereocenters. The van der Waals surface area contributed by atoms with Gasteiger partial charge in [0.15, 0.2) is 12.2 Å². The van der Waals surface area contributed by atoms with Gasteiger partial charge >= 0.3 is 39.5 Å². The van der Waals surface area contributed by atoms with Crippen molar-refractivity contribution in [2.45, 2.75) is 510 Å². The highest BCUT2D eigenvalue weighted by molar-refractivity contribution is 7.47. The summed E-state index contributed by atoms with van der Waals surface area (Å²) in [6, 6.07) is 0. The highest BCUT2D eigenvalue weighted by Gasteiger charge is 2.31. The fraction of sp³-hybridized carbons (Fsp3) is 0.957. The Morgan fingerprint density at radius 2 is 0.459 bits per heavy atom. The second-order valence-corrected chi connectivity index (χ2v) is 36.9. The van der Waals surface area contributed by atoms with Gasteiger partial charge in [-0.2, -0.15) is 0 Å². The van der Waals surface area contributed by atoms with Crippen LogP contribution in [-0.4, -0.2) is 96.7 Å². The van der Waals surface area contributed by atoms with Crippen LogP contribution in [0.4, 0.5) is 0 Å². The van der Waals surface area contributed by atoms with Crippen LogP contribution in [0.3, 0.4) is 0 Å². The van der Waals surface area contributed by atoms with E-state index in [1.54, 1.807) is 0 Å². The zero-order valence-corrected chi connectivity index (χ0v) is 75.2. The summed E-state index contributed by atoms with van der Waals surface area (Å²) in [5, 5.41) is 10.7. The van der Waals surface area contributed by atoms with E-state index in [1.807, 2.05) is 0 Å². The Morgan fingerprint density at radius 3 is 0.685 bits per heavy atom. The van der Waals surface area contributed by atoms with Gasteiger partial charge < -0.3 is 33.8 Å². The van der Waals surface area contributed by atoms with Gasteiger partial charge in [0.2, 0.25) is 0 Å². The lowest BCUT2D eigenvalue weighted by molar-refractivity contribution is -0.161. The molecule has 0 aliphatic heterocycles. The van der Waals surface area contributed by atoms with E-state index in [0.29, 0.717) is 25.7 Å². The van der Waals surface area contributed by atoms with Gasteiger partial charge in [-0.05, 0) is 43.4 Å². The first kappa shape index (κ1) is 109. The molecule has 0 aliphatic rings. The summed E-state index contributed by atoms with van der Waals surface area (Å²) in [4.78, 5) is 73.5. The van der Waals surface area contributed by atoms with Gasteiger partial charge in [-0.15, -0.1) is 0 Å². The topological polar surface area (TPSA) is 237 Å². The molecule has 0 aromatic heterocycles. The second kappa shape index (κ2) is 81.8. The lowest BCUT2D eigenvalue weighted by atomic mass is 9.99. The predicted molar refractivity (Wildman–Crippen MR) is 460 cm³/mol. The minimum absolute atomic E-state index is 0.108. The molecule has 0 rings (SSSR count). The highest BCUT2D eigenvalue weighted by atomic mass is 31.2. The number of rotatable bonds is 90. The minimum atomic E-state index is -4.97. The predicted octanol–water partition coefficient (Wildman–Crippen LogP) is 28.4. The number of hydrogen-bond donors (Lipinski definition) is 3. The lowest BCUT2D eigenvalue weighted by Gasteiger charge is -2.21. The fourth-order valence-electron chi connectivity index (χ4n) is 14.4. The van der Waals surface area contributed by atoms with E-state index >= 15 is 0 Å². The summed E-state index contributed by atoms with van der Waals surface area (Å²) in [5.41, 5.74) is 0. The maximum Gasteiger partial charge on any atom is 0.472 e. The molecule has 0 saturated carbocycles. The van der Waals surface area contributed by atoms with Crippen molar-refractivity contribution in [1.29, 1.82) is 0 Å². The Balaban J connectivity index is 5.25. The number of carbonyl (C=O) groups is 4. The van der Waals surface area contributed by atoms with Crippen molar-refractivity contribution in [3.05, 3.63) is 0 Å². The number of phosphoric ester groups is 2. The number of unbranched alkanes of at least 4 members (excludes halogenated alkanes) is 56. The Kier molecular flexibility index (Phi) is 80.4. The number of esters is 4. The van der Waals surface area contributed by atoms with Crippen LogP contribution in [0.2, 0.25) is 0 Å². The number of phosphoric acid groups is 2. The molecule has 7 atom stereocenters. The first-order valence-corrected chi connectivity index (χ1v) is 50.4. The van der Waals surface area contributed by atoms with Crippen LogP contribution < -0.4 is 0 Å². The van der Waals surface area contributed by atoms with Crippen LogP contribution in [-0.2, 0) is 65.4 Å². The normalized spacial score (nSPS) is 14.3. The molecule has 17 nitrogen and oxygen atoms in total. The monoisotopic (exact) mass is 1620 g/mol. The second-order valence-electron chi connectivity index (χ2n) is 34.0. The van der Waals surface area contributed by atoms with Gasteiger partial charge in [0.25, 0.3) is 0 Å². The quantitative estimate of drug-likeness (QED) is 0.0222. The average Bonchev–Trinajstić information content (AvgIpc) is 0.900. The Bertz CT molecular complexity index is 2130. The van der Waals surface area contributed by atoms with E-state index in [4.69, 9.17) is 37.0 Å². The number of aliphatic hydroxyl groups is 1. The highest BCUT2D eigenvalue weighted by Crippen LogP contribution is 2.45. The van der Waals surface area contributed by atoms with Gasteiger partial charge in [-0.25, -0.2) is 9.13 Å². The summed E-state index contributed by atoms with van der Waals surface area (Å²) in [7, 11) is -9.94. The van der Waals surface area contributed by atoms with Crippen molar-refractivity contribution >= 4 is 39.5 Å². The van der Waals surface area contributed by atoms with E-state index in [2.05, 4.69) is 48.5 Å². The van der Waals surface area contributed by atoms with Crippen LogP contribution in [0.1, 0.15) is 492 Å². The summed E-state index contributed by atoms with van der Waals surface area (Å²) in [6.07, 6.45) is 75.0. The van der Waals surface area contributed by atoms with Crippen LogP contribution in [0, 0.1) is 17.8 Å².